The highest BCUT2D eigenvalue weighted by Gasteiger charge is 2.44. The third kappa shape index (κ3) is 5.66. The first-order valence-corrected chi connectivity index (χ1v) is 9.53. The fraction of sp³-hybridized carbons (Fsp3) is 0.474. The normalized spacial score (nSPS) is 22.0. The third-order valence-corrected chi connectivity index (χ3v) is 5.11. The molecular weight excluding hydrogens is 437 g/mol. The number of aliphatic carboxylic acids is 1. The van der Waals surface area contributed by atoms with Gasteiger partial charge >= 0.3 is 12.1 Å². The Kier molecular flexibility index (Phi) is 7.18. The van der Waals surface area contributed by atoms with Crippen molar-refractivity contribution in [3.05, 3.63) is 36.5 Å². The monoisotopic (exact) mass is 458 g/mol. The number of fused-ring (bicyclic) bond motifs is 1. The van der Waals surface area contributed by atoms with Gasteiger partial charge < -0.3 is 29.2 Å². The molecule has 2 aromatic rings. The van der Waals surface area contributed by atoms with E-state index in [0.29, 0.717) is 30.7 Å². The largest absolute Gasteiger partial charge is 0.490 e. The molecule has 0 saturated carbocycles. The standard InChI is InChI=1S/C17H20N4O4.C2HF3O2/c1-23-16-5-15(19-10-20-16)21-7-12-11(9-25-14(12)8-21)6-18-17(22)13-3-2-4-24-13;3-2(4,5)1(6)7/h2-5,10-12,14H,6-9H2,1H3,(H,18,22);(H,6,7)/t11-,12-,14-;/m1./s1. The second-order valence-electron chi connectivity index (χ2n) is 7.11. The molecule has 3 atom stereocenters. The summed E-state index contributed by atoms with van der Waals surface area (Å²) in [4.78, 5) is 31.5. The van der Waals surface area contributed by atoms with Gasteiger partial charge in [0.25, 0.3) is 5.91 Å². The van der Waals surface area contributed by atoms with Crippen molar-refractivity contribution >= 4 is 17.7 Å². The first-order valence-electron chi connectivity index (χ1n) is 9.53. The Bertz CT molecular complexity index is 924. The lowest BCUT2D eigenvalue weighted by molar-refractivity contribution is -0.192. The number of halogens is 3. The van der Waals surface area contributed by atoms with Crippen molar-refractivity contribution in [2.75, 3.05) is 38.3 Å². The van der Waals surface area contributed by atoms with Gasteiger partial charge in [-0.3, -0.25) is 4.79 Å². The van der Waals surface area contributed by atoms with Gasteiger partial charge in [-0.2, -0.15) is 13.2 Å². The SMILES string of the molecule is COc1cc(N2C[C@@H]3[C@H](CNC(=O)c4ccco4)CO[C@@H]3C2)ncn1.O=C(O)C(F)(F)F. The molecule has 0 radical (unpaired) electrons. The molecule has 4 rings (SSSR count). The molecule has 2 aliphatic heterocycles. The summed E-state index contributed by atoms with van der Waals surface area (Å²) in [7, 11) is 1.59. The molecule has 0 unspecified atom stereocenters. The highest BCUT2D eigenvalue weighted by molar-refractivity contribution is 5.91. The number of carbonyl (C=O) groups is 2. The molecule has 2 aromatic heterocycles. The van der Waals surface area contributed by atoms with E-state index < -0.39 is 12.1 Å². The number of alkyl halides is 3. The van der Waals surface area contributed by atoms with Crippen LogP contribution in [0.15, 0.2) is 35.2 Å². The molecule has 32 heavy (non-hydrogen) atoms. The average molecular weight is 458 g/mol. The molecule has 1 amide bonds. The molecule has 4 heterocycles. The zero-order valence-electron chi connectivity index (χ0n) is 16.9. The number of furan rings is 1. The third-order valence-electron chi connectivity index (χ3n) is 5.11. The van der Waals surface area contributed by atoms with Crippen molar-refractivity contribution < 1.29 is 41.8 Å². The summed E-state index contributed by atoms with van der Waals surface area (Å²) >= 11 is 0. The fourth-order valence-electron chi connectivity index (χ4n) is 3.53. The molecule has 0 spiro atoms. The van der Waals surface area contributed by atoms with Gasteiger partial charge in [0.2, 0.25) is 5.88 Å². The Labute approximate surface area is 180 Å². The maximum Gasteiger partial charge on any atom is 0.490 e. The average Bonchev–Trinajstić information content (AvgIpc) is 3.49. The number of carboxylic acids is 1. The van der Waals surface area contributed by atoms with E-state index >= 15 is 0 Å². The Hall–Kier alpha value is -3.35. The number of nitrogens with one attached hydrogen (secondary N) is 1. The number of aromatic nitrogens is 2. The van der Waals surface area contributed by atoms with Gasteiger partial charge in [-0.25, -0.2) is 14.8 Å². The highest BCUT2D eigenvalue weighted by Crippen LogP contribution is 2.35. The van der Waals surface area contributed by atoms with Crippen molar-refractivity contribution in [2.24, 2.45) is 11.8 Å². The van der Waals surface area contributed by atoms with Crippen molar-refractivity contribution in [1.82, 2.24) is 15.3 Å². The number of nitrogens with zero attached hydrogens (tertiary/aromatic N) is 3. The Balaban J connectivity index is 0.000000360. The fourth-order valence-corrected chi connectivity index (χ4v) is 3.53. The van der Waals surface area contributed by atoms with Crippen molar-refractivity contribution in [3.8, 4) is 5.88 Å². The van der Waals surface area contributed by atoms with Crippen LogP contribution in [0.4, 0.5) is 19.0 Å². The van der Waals surface area contributed by atoms with E-state index in [1.807, 2.05) is 6.07 Å². The Morgan fingerprint density at radius 1 is 1.34 bits per heavy atom. The smallest absolute Gasteiger partial charge is 0.481 e. The van der Waals surface area contributed by atoms with Gasteiger partial charge in [0.1, 0.15) is 12.1 Å². The lowest BCUT2D eigenvalue weighted by Crippen LogP contribution is -2.34. The van der Waals surface area contributed by atoms with Gasteiger partial charge in [-0.15, -0.1) is 0 Å². The van der Waals surface area contributed by atoms with Gasteiger partial charge in [-0.05, 0) is 12.1 Å². The van der Waals surface area contributed by atoms with Gasteiger partial charge in [0.15, 0.2) is 5.76 Å². The minimum Gasteiger partial charge on any atom is -0.481 e. The molecule has 2 saturated heterocycles. The number of ether oxygens (including phenoxy) is 2. The van der Waals surface area contributed by atoms with Crippen LogP contribution >= 0.6 is 0 Å². The molecule has 174 valence electrons. The van der Waals surface area contributed by atoms with Crippen molar-refractivity contribution in [1.29, 1.82) is 0 Å². The number of carboxylic acid groups (broad SMARTS) is 1. The Morgan fingerprint density at radius 2 is 2.09 bits per heavy atom. The van der Waals surface area contributed by atoms with Crippen LogP contribution in [0, 0.1) is 11.8 Å². The molecule has 2 N–H and O–H groups in total. The van der Waals surface area contributed by atoms with Crippen LogP contribution in [0.2, 0.25) is 0 Å². The highest BCUT2D eigenvalue weighted by atomic mass is 19.4. The summed E-state index contributed by atoms with van der Waals surface area (Å²) in [5, 5.41) is 10.1. The van der Waals surface area contributed by atoms with Crippen molar-refractivity contribution in [2.45, 2.75) is 12.3 Å². The zero-order chi connectivity index (χ0) is 23.3. The van der Waals surface area contributed by atoms with E-state index in [9.17, 15) is 18.0 Å². The van der Waals surface area contributed by atoms with Gasteiger partial charge in [-0.1, -0.05) is 0 Å². The zero-order valence-corrected chi connectivity index (χ0v) is 16.9. The van der Waals surface area contributed by atoms with Crippen LogP contribution in [0.3, 0.4) is 0 Å². The summed E-state index contributed by atoms with van der Waals surface area (Å²) < 4.78 is 47.9. The number of hydrogen-bond acceptors (Lipinski definition) is 8. The summed E-state index contributed by atoms with van der Waals surface area (Å²) in [6.07, 6.45) is -1.93. The predicted octanol–water partition coefficient (Wildman–Crippen LogP) is 1.59. The number of amides is 1. The summed E-state index contributed by atoms with van der Waals surface area (Å²) in [5.74, 6) is -0.600. The number of anilines is 1. The van der Waals surface area contributed by atoms with Gasteiger partial charge in [0, 0.05) is 37.5 Å². The first kappa shape index (κ1) is 23.3. The molecule has 0 aromatic carbocycles. The number of methoxy groups -OCH3 is 1. The van der Waals surface area contributed by atoms with E-state index in [1.54, 1.807) is 19.2 Å². The summed E-state index contributed by atoms with van der Waals surface area (Å²) in [6, 6.07) is 5.19. The molecule has 10 nitrogen and oxygen atoms in total. The minimum absolute atomic E-state index is 0.159. The van der Waals surface area contributed by atoms with Crippen LogP contribution in [0.25, 0.3) is 0 Å². The molecule has 2 fully saturated rings. The lowest BCUT2D eigenvalue weighted by atomic mass is 9.93. The van der Waals surface area contributed by atoms with Crippen LogP contribution < -0.4 is 15.0 Å². The lowest BCUT2D eigenvalue weighted by Gasteiger charge is -2.20. The molecular formula is C19H21F3N4O6. The van der Waals surface area contributed by atoms with E-state index in [4.69, 9.17) is 23.8 Å². The minimum atomic E-state index is -5.08. The van der Waals surface area contributed by atoms with Crippen LogP contribution in [-0.2, 0) is 9.53 Å². The maximum atomic E-state index is 12.0. The number of rotatable bonds is 5. The van der Waals surface area contributed by atoms with E-state index in [0.717, 1.165) is 18.9 Å². The van der Waals surface area contributed by atoms with E-state index in [1.165, 1.54) is 12.6 Å². The summed E-state index contributed by atoms with van der Waals surface area (Å²) in [5.41, 5.74) is 0. The van der Waals surface area contributed by atoms with E-state index in [2.05, 4.69) is 20.2 Å². The van der Waals surface area contributed by atoms with Crippen LogP contribution in [0.1, 0.15) is 10.6 Å². The summed E-state index contributed by atoms with van der Waals surface area (Å²) in [6.45, 7) is 2.86. The molecule has 2 aliphatic rings. The first-order chi connectivity index (χ1) is 15.2. The molecule has 0 aliphatic carbocycles. The van der Waals surface area contributed by atoms with Crippen molar-refractivity contribution in [3.63, 3.8) is 0 Å². The quantitative estimate of drug-likeness (QED) is 0.687. The number of hydrogen-bond donors (Lipinski definition) is 2. The second-order valence-corrected chi connectivity index (χ2v) is 7.11. The van der Waals surface area contributed by atoms with Crippen LogP contribution in [-0.4, -0.2) is 72.6 Å². The van der Waals surface area contributed by atoms with E-state index in [-0.39, 0.29) is 17.9 Å². The predicted molar refractivity (Wildman–Crippen MR) is 102 cm³/mol. The topological polar surface area (TPSA) is 127 Å². The number of carbonyl (C=O) groups excluding carboxylic acids is 1. The van der Waals surface area contributed by atoms with Gasteiger partial charge in [0.05, 0.1) is 26.1 Å². The molecule has 0 bridgehead atoms. The second kappa shape index (κ2) is 9.85. The maximum absolute atomic E-state index is 12.0. The van der Waals surface area contributed by atoms with Crippen LogP contribution in [0.5, 0.6) is 5.88 Å². The molecule has 13 heteroatoms. The Morgan fingerprint density at radius 3 is 2.72 bits per heavy atom.